The first kappa shape index (κ1) is 14.2. The Morgan fingerprint density at radius 1 is 1.18 bits per heavy atom. The monoisotopic (exact) mass is 313 g/mol. The topological polar surface area (TPSA) is 67.2 Å². The van der Waals surface area contributed by atoms with Crippen LogP contribution in [0, 0.1) is 0 Å². The van der Waals surface area contributed by atoms with Crippen molar-refractivity contribution in [3.63, 3.8) is 0 Å². The van der Waals surface area contributed by atoms with Gasteiger partial charge in [-0.15, -0.1) is 0 Å². The third kappa shape index (κ3) is 2.94. The van der Waals surface area contributed by atoms with Crippen LogP contribution in [0.15, 0.2) is 60.9 Å². The molecule has 0 aliphatic heterocycles. The summed E-state index contributed by atoms with van der Waals surface area (Å²) in [6.45, 7) is 0. The Labute approximate surface area is 131 Å². The minimum Gasteiger partial charge on any atom is -0.506 e. The van der Waals surface area contributed by atoms with E-state index in [9.17, 15) is 9.90 Å². The number of carbonyl (C=O) groups is 1. The van der Waals surface area contributed by atoms with Crippen molar-refractivity contribution < 1.29 is 9.90 Å². The van der Waals surface area contributed by atoms with E-state index >= 15 is 0 Å². The normalized spacial score (nSPS) is 10.4. The van der Waals surface area contributed by atoms with Crippen LogP contribution in [-0.4, -0.2) is 20.8 Å². The molecule has 3 aromatic rings. The van der Waals surface area contributed by atoms with Gasteiger partial charge >= 0.3 is 0 Å². The number of anilines is 1. The minimum atomic E-state index is -0.329. The Hall–Kier alpha value is -2.79. The number of hydrogen-bond donors (Lipinski definition) is 2. The molecule has 2 N–H and O–H groups in total. The number of benzene rings is 2. The van der Waals surface area contributed by atoms with Gasteiger partial charge in [-0.05, 0) is 48.5 Å². The van der Waals surface area contributed by atoms with Crippen LogP contribution >= 0.6 is 11.6 Å². The summed E-state index contributed by atoms with van der Waals surface area (Å²) in [6.07, 6.45) is 3.50. The molecule has 1 amide bonds. The Morgan fingerprint density at radius 3 is 2.64 bits per heavy atom. The highest BCUT2D eigenvalue weighted by Gasteiger charge is 2.09. The molecule has 0 aliphatic carbocycles. The highest BCUT2D eigenvalue weighted by atomic mass is 35.5. The number of amides is 1. The third-order valence-corrected chi connectivity index (χ3v) is 3.34. The summed E-state index contributed by atoms with van der Waals surface area (Å²) in [4.78, 5) is 12.2. The van der Waals surface area contributed by atoms with Crippen molar-refractivity contribution in [2.24, 2.45) is 0 Å². The van der Waals surface area contributed by atoms with Gasteiger partial charge in [0, 0.05) is 23.0 Å². The van der Waals surface area contributed by atoms with Crippen molar-refractivity contribution in [3.8, 4) is 11.4 Å². The van der Waals surface area contributed by atoms with Gasteiger partial charge in [-0.3, -0.25) is 4.79 Å². The van der Waals surface area contributed by atoms with E-state index in [1.807, 2.05) is 12.3 Å². The van der Waals surface area contributed by atoms with E-state index in [1.54, 1.807) is 41.2 Å². The second-order valence-corrected chi connectivity index (χ2v) is 5.05. The first-order valence-electron chi connectivity index (χ1n) is 6.53. The van der Waals surface area contributed by atoms with E-state index in [0.717, 1.165) is 5.69 Å². The molecule has 2 aromatic carbocycles. The molecule has 0 radical (unpaired) electrons. The molecule has 0 unspecified atom stereocenters. The summed E-state index contributed by atoms with van der Waals surface area (Å²) >= 11 is 5.85. The second-order valence-electron chi connectivity index (χ2n) is 4.61. The molecular formula is C16H12ClN3O2. The SMILES string of the molecule is O=C(Nc1cc(Cl)ccc1O)c1ccc(-n2cccn2)cc1. The Bertz CT molecular complexity index is 799. The van der Waals surface area contributed by atoms with Crippen LogP contribution in [0.4, 0.5) is 5.69 Å². The summed E-state index contributed by atoms with van der Waals surface area (Å²) in [7, 11) is 0. The van der Waals surface area contributed by atoms with Crippen molar-refractivity contribution in [2.75, 3.05) is 5.32 Å². The van der Waals surface area contributed by atoms with Crippen LogP contribution < -0.4 is 5.32 Å². The Morgan fingerprint density at radius 2 is 1.95 bits per heavy atom. The average Bonchev–Trinajstić information content (AvgIpc) is 3.05. The Kier molecular flexibility index (Phi) is 3.80. The predicted octanol–water partition coefficient (Wildman–Crippen LogP) is 3.48. The van der Waals surface area contributed by atoms with E-state index in [0.29, 0.717) is 10.6 Å². The number of halogens is 1. The zero-order valence-corrected chi connectivity index (χ0v) is 12.2. The largest absolute Gasteiger partial charge is 0.506 e. The van der Waals surface area contributed by atoms with E-state index in [2.05, 4.69) is 10.4 Å². The molecular weight excluding hydrogens is 302 g/mol. The van der Waals surface area contributed by atoms with Crippen molar-refractivity contribution in [3.05, 3.63) is 71.5 Å². The van der Waals surface area contributed by atoms with Gasteiger partial charge in [0.2, 0.25) is 0 Å². The molecule has 0 bridgehead atoms. The van der Waals surface area contributed by atoms with Crippen LogP contribution in [-0.2, 0) is 0 Å². The molecule has 0 saturated carbocycles. The van der Waals surface area contributed by atoms with Crippen LogP contribution in [0.2, 0.25) is 5.02 Å². The lowest BCUT2D eigenvalue weighted by molar-refractivity contribution is 0.102. The fourth-order valence-electron chi connectivity index (χ4n) is 1.99. The smallest absolute Gasteiger partial charge is 0.255 e. The molecule has 5 nitrogen and oxygen atoms in total. The zero-order chi connectivity index (χ0) is 15.5. The molecule has 0 atom stereocenters. The van der Waals surface area contributed by atoms with Crippen LogP contribution in [0.1, 0.15) is 10.4 Å². The number of carbonyl (C=O) groups excluding carboxylic acids is 1. The van der Waals surface area contributed by atoms with E-state index < -0.39 is 0 Å². The second kappa shape index (κ2) is 5.91. The fourth-order valence-corrected chi connectivity index (χ4v) is 2.16. The molecule has 0 saturated heterocycles. The molecule has 1 heterocycles. The standard InChI is InChI=1S/C16H12ClN3O2/c17-12-4-7-15(21)14(10-12)19-16(22)11-2-5-13(6-3-11)20-9-1-8-18-20/h1-10,21H,(H,19,22). The lowest BCUT2D eigenvalue weighted by atomic mass is 10.2. The number of phenols is 1. The maximum Gasteiger partial charge on any atom is 0.255 e. The number of nitrogens with one attached hydrogen (secondary N) is 1. The molecule has 22 heavy (non-hydrogen) atoms. The first-order chi connectivity index (χ1) is 10.6. The summed E-state index contributed by atoms with van der Waals surface area (Å²) < 4.78 is 1.70. The number of hydrogen-bond acceptors (Lipinski definition) is 3. The minimum absolute atomic E-state index is 0.0362. The lowest BCUT2D eigenvalue weighted by Crippen LogP contribution is -2.12. The van der Waals surface area contributed by atoms with Gasteiger partial charge in [0.25, 0.3) is 5.91 Å². The van der Waals surface area contributed by atoms with E-state index in [4.69, 9.17) is 11.6 Å². The number of aromatic hydroxyl groups is 1. The highest BCUT2D eigenvalue weighted by Crippen LogP contribution is 2.27. The number of phenolic OH excluding ortho intramolecular Hbond substituents is 1. The maximum atomic E-state index is 12.2. The molecule has 6 heteroatoms. The molecule has 0 spiro atoms. The molecule has 0 aliphatic rings. The van der Waals surface area contributed by atoms with Gasteiger partial charge in [0.15, 0.2) is 0 Å². The van der Waals surface area contributed by atoms with Gasteiger partial charge in [0.05, 0.1) is 11.4 Å². The van der Waals surface area contributed by atoms with Gasteiger partial charge in [-0.25, -0.2) is 4.68 Å². The Balaban J connectivity index is 1.79. The van der Waals surface area contributed by atoms with E-state index in [-0.39, 0.29) is 17.3 Å². The fraction of sp³-hybridized carbons (Fsp3) is 0. The zero-order valence-electron chi connectivity index (χ0n) is 11.4. The van der Waals surface area contributed by atoms with Crippen molar-refractivity contribution in [1.82, 2.24) is 9.78 Å². The molecule has 1 aromatic heterocycles. The predicted molar refractivity (Wildman–Crippen MR) is 84.6 cm³/mol. The van der Waals surface area contributed by atoms with Gasteiger partial charge in [0.1, 0.15) is 5.75 Å². The van der Waals surface area contributed by atoms with Gasteiger partial charge in [-0.2, -0.15) is 5.10 Å². The average molecular weight is 314 g/mol. The van der Waals surface area contributed by atoms with Gasteiger partial charge < -0.3 is 10.4 Å². The van der Waals surface area contributed by atoms with Crippen molar-refractivity contribution in [2.45, 2.75) is 0 Å². The number of nitrogens with zero attached hydrogens (tertiary/aromatic N) is 2. The van der Waals surface area contributed by atoms with E-state index in [1.165, 1.54) is 12.1 Å². The van der Waals surface area contributed by atoms with Crippen LogP contribution in [0.5, 0.6) is 5.75 Å². The van der Waals surface area contributed by atoms with Crippen LogP contribution in [0.25, 0.3) is 5.69 Å². The third-order valence-electron chi connectivity index (χ3n) is 3.11. The molecule has 110 valence electrons. The molecule has 0 fully saturated rings. The van der Waals surface area contributed by atoms with Crippen molar-refractivity contribution >= 4 is 23.2 Å². The summed E-state index contributed by atoms with van der Waals surface area (Å²) in [6, 6.07) is 13.3. The highest BCUT2D eigenvalue weighted by molar-refractivity contribution is 6.31. The number of rotatable bonds is 3. The number of aromatic nitrogens is 2. The van der Waals surface area contributed by atoms with Crippen LogP contribution in [0.3, 0.4) is 0 Å². The summed E-state index contributed by atoms with van der Waals surface area (Å²) in [5.41, 5.74) is 1.59. The quantitative estimate of drug-likeness (QED) is 0.727. The first-order valence-corrected chi connectivity index (χ1v) is 6.91. The van der Waals surface area contributed by atoms with Gasteiger partial charge in [-0.1, -0.05) is 11.6 Å². The van der Waals surface area contributed by atoms with Crippen molar-refractivity contribution in [1.29, 1.82) is 0 Å². The maximum absolute atomic E-state index is 12.2. The summed E-state index contributed by atoms with van der Waals surface area (Å²) in [5, 5.41) is 16.9. The molecule has 3 rings (SSSR count). The summed E-state index contributed by atoms with van der Waals surface area (Å²) in [5.74, 6) is -0.365. The lowest BCUT2D eigenvalue weighted by Gasteiger charge is -2.08.